The molecule has 0 unspecified atom stereocenters. The van der Waals surface area contributed by atoms with Gasteiger partial charge in [0.1, 0.15) is 6.61 Å². The molecular weight excluding hydrogens is 352 g/mol. The van der Waals surface area contributed by atoms with E-state index in [9.17, 15) is 9.59 Å². The van der Waals surface area contributed by atoms with Crippen molar-refractivity contribution >= 4 is 23.6 Å². The molecule has 26 heavy (non-hydrogen) atoms. The van der Waals surface area contributed by atoms with Crippen molar-refractivity contribution in [2.24, 2.45) is 0 Å². The van der Waals surface area contributed by atoms with Crippen LogP contribution < -0.4 is 0 Å². The number of hydrogen-bond donors (Lipinski definition) is 0. The third-order valence-electron chi connectivity index (χ3n) is 4.35. The highest BCUT2D eigenvalue weighted by Gasteiger charge is 2.24. The zero-order valence-corrected chi connectivity index (χ0v) is 15.2. The van der Waals surface area contributed by atoms with Crippen molar-refractivity contribution < 1.29 is 14.3 Å². The highest BCUT2D eigenvalue weighted by atomic mass is 35.5. The summed E-state index contributed by atoms with van der Waals surface area (Å²) in [6.45, 7) is 2.32. The van der Waals surface area contributed by atoms with Gasteiger partial charge in [-0.15, -0.1) is 0 Å². The van der Waals surface area contributed by atoms with Crippen LogP contribution >= 0.6 is 11.6 Å². The van der Waals surface area contributed by atoms with Gasteiger partial charge in [0.15, 0.2) is 0 Å². The Kier molecular flexibility index (Phi) is 6.12. The fourth-order valence-electron chi connectivity index (χ4n) is 2.92. The molecule has 1 aliphatic heterocycles. The lowest BCUT2D eigenvalue weighted by molar-refractivity contribution is 0.0749. The number of hydrogen-bond acceptors (Lipinski definition) is 3. The summed E-state index contributed by atoms with van der Waals surface area (Å²) < 4.78 is 5.39. The number of halogens is 1. The van der Waals surface area contributed by atoms with Gasteiger partial charge in [0, 0.05) is 26.2 Å². The average Bonchev–Trinajstić information content (AvgIpc) is 2.93. The van der Waals surface area contributed by atoms with Crippen LogP contribution in [-0.4, -0.2) is 48.0 Å². The second-order valence-electron chi connectivity index (χ2n) is 6.15. The van der Waals surface area contributed by atoms with Crippen LogP contribution in [0.3, 0.4) is 0 Å². The smallest absolute Gasteiger partial charge is 0.410 e. The lowest BCUT2D eigenvalue weighted by atomic mass is 10.2. The Hall–Kier alpha value is -2.53. The van der Waals surface area contributed by atoms with Gasteiger partial charge in [-0.25, -0.2) is 4.79 Å². The fraction of sp³-hybridized carbons (Fsp3) is 0.300. The van der Waals surface area contributed by atoms with E-state index in [1.165, 1.54) is 0 Å². The largest absolute Gasteiger partial charge is 0.445 e. The maximum absolute atomic E-state index is 12.7. The molecule has 136 valence electrons. The first-order valence-electron chi connectivity index (χ1n) is 8.64. The second kappa shape index (κ2) is 8.72. The summed E-state index contributed by atoms with van der Waals surface area (Å²) in [5.41, 5.74) is 1.44. The molecule has 2 aromatic carbocycles. The van der Waals surface area contributed by atoms with Crippen molar-refractivity contribution in [3.8, 4) is 0 Å². The van der Waals surface area contributed by atoms with Gasteiger partial charge in [0.05, 0.1) is 10.6 Å². The van der Waals surface area contributed by atoms with Crippen LogP contribution in [0.4, 0.5) is 4.79 Å². The zero-order valence-electron chi connectivity index (χ0n) is 14.4. The SMILES string of the molecule is O=C(OCc1ccccc1)N1CCCN(C(=O)c2ccccc2Cl)CC1. The van der Waals surface area contributed by atoms with Crippen molar-refractivity contribution in [3.05, 3.63) is 70.7 Å². The van der Waals surface area contributed by atoms with Crippen LogP contribution in [0.1, 0.15) is 22.3 Å². The molecule has 2 amide bonds. The van der Waals surface area contributed by atoms with E-state index in [0.29, 0.717) is 43.2 Å². The third kappa shape index (κ3) is 4.55. The molecule has 6 heteroatoms. The number of nitrogens with zero attached hydrogens (tertiary/aromatic N) is 2. The van der Waals surface area contributed by atoms with E-state index < -0.39 is 0 Å². The predicted molar refractivity (Wildman–Crippen MR) is 100 cm³/mol. The average molecular weight is 373 g/mol. The number of rotatable bonds is 3. The summed E-state index contributed by atoms with van der Waals surface area (Å²) in [6.07, 6.45) is 0.359. The van der Waals surface area contributed by atoms with E-state index in [-0.39, 0.29) is 18.6 Å². The number of benzene rings is 2. The maximum Gasteiger partial charge on any atom is 0.410 e. The Morgan fingerprint density at radius 1 is 0.885 bits per heavy atom. The van der Waals surface area contributed by atoms with Gasteiger partial charge in [0.25, 0.3) is 5.91 Å². The lowest BCUT2D eigenvalue weighted by Crippen LogP contribution is -2.37. The molecule has 3 rings (SSSR count). The van der Waals surface area contributed by atoms with Crippen LogP contribution in [-0.2, 0) is 11.3 Å². The molecule has 1 saturated heterocycles. The van der Waals surface area contributed by atoms with Gasteiger partial charge < -0.3 is 14.5 Å². The molecule has 0 aromatic heterocycles. The minimum Gasteiger partial charge on any atom is -0.445 e. The first-order chi connectivity index (χ1) is 12.6. The summed E-state index contributed by atoms with van der Waals surface area (Å²) in [5, 5.41) is 0.445. The number of carbonyl (C=O) groups excluding carboxylic acids is 2. The van der Waals surface area contributed by atoms with E-state index in [1.54, 1.807) is 34.1 Å². The van der Waals surface area contributed by atoms with Gasteiger partial charge in [0.2, 0.25) is 0 Å². The standard InChI is InChI=1S/C20H21ClN2O3/c21-18-10-5-4-9-17(18)19(24)22-11-6-12-23(14-13-22)20(25)26-15-16-7-2-1-3-8-16/h1-5,7-10H,6,11-15H2. The lowest BCUT2D eigenvalue weighted by Gasteiger charge is -2.22. The molecule has 0 bridgehead atoms. The quantitative estimate of drug-likeness (QED) is 0.822. The molecule has 0 saturated carbocycles. The van der Waals surface area contributed by atoms with E-state index in [4.69, 9.17) is 16.3 Å². The first-order valence-corrected chi connectivity index (χ1v) is 9.02. The van der Waals surface area contributed by atoms with Crippen LogP contribution in [0.5, 0.6) is 0 Å². The molecule has 1 aliphatic rings. The minimum absolute atomic E-state index is 0.102. The van der Waals surface area contributed by atoms with Crippen LogP contribution in [0.15, 0.2) is 54.6 Å². The van der Waals surface area contributed by atoms with E-state index >= 15 is 0 Å². The molecule has 1 fully saturated rings. The zero-order chi connectivity index (χ0) is 18.4. The van der Waals surface area contributed by atoms with Gasteiger partial charge >= 0.3 is 6.09 Å². The summed E-state index contributed by atoms with van der Waals surface area (Å²) in [4.78, 5) is 28.4. The van der Waals surface area contributed by atoms with Crippen molar-refractivity contribution in [2.45, 2.75) is 13.0 Å². The molecule has 0 radical (unpaired) electrons. The van der Waals surface area contributed by atoms with E-state index in [1.807, 2.05) is 30.3 Å². The summed E-state index contributed by atoms with van der Waals surface area (Å²) in [6, 6.07) is 16.6. The Balaban J connectivity index is 1.55. The summed E-state index contributed by atoms with van der Waals surface area (Å²) >= 11 is 6.13. The topological polar surface area (TPSA) is 49.9 Å². The van der Waals surface area contributed by atoms with Gasteiger partial charge in [-0.1, -0.05) is 54.1 Å². The van der Waals surface area contributed by atoms with Crippen molar-refractivity contribution in [1.82, 2.24) is 9.80 Å². The van der Waals surface area contributed by atoms with Crippen molar-refractivity contribution in [3.63, 3.8) is 0 Å². The Bertz CT molecular complexity index is 767. The molecule has 0 atom stereocenters. The second-order valence-corrected chi connectivity index (χ2v) is 6.56. The van der Waals surface area contributed by atoms with Gasteiger partial charge in [-0.3, -0.25) is 4.79 Å². The van der Waals surface area contributed by atoms with Crippen LogP contribution in [0, 0.1) is 0 Å². The van der Waals surface area contributed by atoms with E-state index in [2.05, 4.69) is 0 Å². The Labute approximate surface area is 158 Å². The molecule has 0 spiro atoms. The molecule has 5 nitrogen and oxygen atoms in total. The molecule has 2 aromatic rings. The third-order valence-corrected chi connectivity index (χ3v) is 4.68. The maximum atomic E-state index is 12.7. The number of amides is 2. The van der Waals surface area contributed by atoms with Crippen LogP contribution in [0.2, 0.25) is 5.02 Å². The molecular formula is C20H21ClN2O3. The van der Waals surface area contributed by atoms with Crippen molar-refractivity contribution in [2.75, 3.05) is 26.2 Å². The van der Waals surface area contributed by atoms with Crippen LogP contribution in [0.25, 0.3) is 0 Å². The fourth-order valence-corrected chi connectivity index (χ4v) is 3.14. The monoisotopic (exact) mass is 372 g/mol. The Morgan fingerprint density at radius 3 is 2.31 bits per heavy atom. The highest BCUT2D eigenvalue weighted by Crippen LogP contribution is 2.18. The predicted octanol–water partition coefficient (Wildman–Crippen LogP) is 3.82. The Morgan fingerprint density at radius 2 is 1.54 bits per heavy atom. The normalized spacial score (nSPS) is 14.7. The number of ether oxygens (including phenoxy) is 1. The molecule has 1 heterocycles. The van der Waals surface area contributed by atoms with Crippen molar-refractivity contribution in [1.29, 1.82) is 0 Å². The highest BCUT2D eigenvalue weighted by molar-refractivity contribution is 6.33. The van der Waals surface area contributed by atoms with Gasteiger partial charge in [-0.2, -0.15) is 0 Å². The van der Waals surface area contributed by atoms with E-state index in [0.717, 1.165) is 5.56 Å². The first kappa shape index (κ1) is 18.3. The number of carbonyl (C=O) groups is 2. The summed E-state index contributed by atoms with van der Waals surface area (Å²) in [7, 11) is 0. The summed E-state index contributed by atoms with van der Waals surface area (Å²) in [5.74, 6) is -0.102. The van der Waals surface area contributed by atoms with Gasteiger partial charge in [-0.05, 0) is 24.1 Å². The minimum atomic E-state index is -0.346. The molecule has 0 N–H and O–H groups in total. The molecule has 0 aliphatic carbocycles.